The molecule has 0 aliphatic carbocycles. The minimum absolute atomic E-state index is 0.954. The van der Waals surface area contributed by atoms with Gasteiger partial charge < -0.3 is 5.32 Å². The first-order valence-corrected chi connectivity index (χ1v) is 3.36. The molecule has 2 nitrogen and oxygen atoms in total. The highest BCUT2D eigenvalue weighted by Crippen LogP contribution is 2.16. The molecule has 1 saturated heterocycles. The third kappa shape index (κ3) is 1.04. The topological polar surface area (TPSA) is 24.4 Å². The highest BCUT2D eigenvalue weighted by molar-refractivity contribution is 8.04. The van der Waals surface area contributed by atoms with Crippen molar-refractivity contribution in [1.82, 2.24) is 5.32 Å². The Morgan fingerprint density at radius 3 is 2.88 bits per heavy atom. The van der Waals surface area contributed by atoms with E-state index in [0.717, 1.165) is 16.6 Å². The molecular weight excluding hydrogens is 120 g/mol. The Morgan fingerprint density at radius 1 is 1.88 bits per heavy atom. The van der Waals surface area contributed by atoms with Crippen molar-refractivity contribution in [3.8, 4) is 0 Å². The van der Waals surface area contributed by atoms with Crippen molar-refractivity contribution in [2.75, 3.05) is 12.8 Å². The monoisotopic (exact) mass is 128 g/mol. The van der Waals surface area contributed by atoms with Gasteiger partial charge in [0.25, 0.3) is 0 Å². The van der Waals surface area contributed by atoms with Crippen LogP contribution in [-0.4, -0.2) is 18.6 Å². The maximum absolute atomic E-state index is 3.96. The number of nitrogens with zero attached hydrogens (tertiary/aromatic N) is 1. The average Bonchev–Trinajstić information content (AvgIpc) is 2.14. The largest absolute Gasteiger partial charge is 0.339 e. The summed E-state index contributed by atoms with van der Waals surface area (Å²) in [6, 6.07) is 0. The number of hydrogen-bond acceptors (Lipinski definition) is 2. The summed E-state index contributed by atoms with van der Waals surface area (Å²) < 4.78 is 0. The summed E-state index contributed by atoms with van der Waals surface area (Å²) in [6.45, 7) is 3.72. The first kappa shape index (κ1) is 5.69. The number of thioether (sulfide) groups is 1. The van der Waals surface area contributed by atoms with Crippen molar-refractivity contribution >= 4 is 17.6 Å². The summed E-state index contributed by atoms with van der Waals surface area (Å²) in [5.41, 5.74) is 0. The van der Waals surface area contributed by atoms with Gasteiger partial charge in [-0.15, -0.1) is 11.8 Å². The second-order valence-corrected chi connectivity index (χ2v) is 2.58. The van der Waals surface area contributed by atoms with Gasteiger partial charge in [0.1, 0.15) is 5.84 Å². The predicted molar refractivity (Wildman–Crippen MR) is 38.1 cm³/mol. The highest BCUT2D eigenvalue weighted by atomic mass is 32.2. The SMILES string of the molecule is C=C1NC(=NC)CS1. The van der Waals surface area contributed by atoms with E-state index in [1.807, 2.05) is 0 Å². The van der Waals surface area contributed by atoms with Crippen LogP contribution in [0.4, 0.5) is 0 Å². The van der Waals surface area contributed by atoms with Gasteiger partial charge in [-0.2, -0.15) is 0 Å². The van der Waals surface area contributed by atoms with Crippen LogP contribution in [-0.2, 0) is 0 Å². The van der Waals surface area contributed by atoms with Gasteiger partial charge in [0, 0.05) is 7.05 Å². The van der Waals surface area contributed by atoms with Gasteiger partial charge >= 0.3 is 0 Å². The van der Waals surface area contributed by atoms with Crippen LogP contribution in [0.1, 0.15) is 0 Å². The second kappa shape index (κ2) is 2.22. The summed E-state index contributed by atoms with van der Waals surface area (Å²) in [5, 5.41) is 4.03. The van der Waals surface area contributed by atoms with Crippen molar-refractivity contribution < 1.29 is 0 Å². The molecule has 0 aromatic heterocycles. The van der Waals surface area contributed by atoms with E-state index in [-0.39, 0.29) is 0 Å². The van der Waals surface area contributed by atoms with Gasteiger partial charge in [-0.25, -0.2) is 0 Å². The Kier molecular flexibility index (Phi) is 1.58. The molecule has 0 unspecified atom stereocenters. The van der Waals surface area contributed by atoms with Crippen LogP contribution >= 0.6 is 11.8 Å². The second-order valence-electron chi connectivity index (χ2n) is 1.51. The lowest BCUT2D eigenvalue weighted by Crippen LogP contribution is -2.13. The standard InChI is InChI=1S/C5H8N2S/c1-4-7-5(6-2)3-8-4/h1,3H2,2H3,(H,6,7). The van der Waals surface area contributed by atoms with E-state index in [1.54, 1.807) is 18.8 Å². The molecule has 0 radical (unpaired) electrons. The molecule has 3 heteroatoms. The average molecular weight is 128 g/mol. The van der Waals surface area contributed by atoms with E-state index in [2.05, 4.69) is 16.9 Å². The van der Waals surface area contributed by atoms with Gasteiger partial charge in [-0.1, -0.05) is 6.58 Å². The molecule has 0 aromatic carbocycles. The number of hydrogen-bond donors (Lipinski definition) is 1. The van der Waals surface area contributed by atoms with Crippen molar-refractivity contribution in [2.24, 2.45) is 4.99 Å². The fraction of sp³-hybridized carbons (Fsp3) is 0.400. The fourth-order valence-electron chi connectivity index (χ4n) is 0.509. The van der Waals surface area contributed by atoms with E-state index < -0.39 is 0 Å². The Hall–Kier alpha value is -0.440. The Balaban J connectivity index is 2.56. The lowest BCUT2D eigenvalue weighted by atomic mass is 10.7. The van der Waals surface area contributed by atoms with Crippen LogP contribution in [0.15, 0.2) is 16.6 Å². The molecule has 0 amide bonds. The van der Waals surface area contributed by atoms with E-state index in [1.165, 1.54) is 0 Å². The quantitative estimate of drug-likeness (QED) is 0.522. The normalized spacial score (nSPS) is 24.1. The predicted octanol–water partition coefficient (Wildman–Crippen LogP) is 0.822. The zero-order valence-electron chi connectivity index (χ0n) is 4.77. The van der Waals surface area contributed by atoms with Crippen LogP contribution in [0.3, 0.4) is 0 Å². The van der Waals surface area contributed by atoms with Crippen LogP contribution in [0.2, 0.25) is 0 Å². The summed E-state index contributed by atoms with van der Waals surface area (Å²) in [5.74, 6) is 1.98. The maximum atomic E-state index is 3.96. The minimum atomic E-state index is 0.954. The number of aliphatic imine (C=N–C) groups is 1. The first-order valence-electron chi connectivity index (χ1n) is 2.37. The molecule has 1 N–H and O–H groups in total. The minimum Gasteiger partial charge on any atom is -0.339 e. The molecular formula is C5H8N2S. The van der Waals surface area contributed by atoms with Crippen molar-refractivity contribution in [2.45, 2.75) is 0 Å². The van der Waals surface area contributed by atoms with E-state index in [9.17, 15) is 0 Å². The molecule has 1 aliphatic rings. The molecule has 1 rings (SSSR count). The molecule has 0 bridgehead atoms. The van der Waals surface area contributed by atoms with Crippen LogP contribution in [0.5, 0.6) is 0 Å². The number of nitrogens with one attached hydrogen (secondary N) is 1. The third-order valence-electron chi connectivity index (χ3n) is 0.937. The van der Waals surface area contributed by atoms with Crippen molar-refractivity contribution in [3.63, 3.8) is 0 Å². The van der Waals surface area contributed by atoms with Crippen LogP contribution < -0.4 is 5.32 Å². The van der Waals surface area contributed by atoms with E-state index in [4.69, 9.17) is 0 Å². The summed E-state index contributed by atoms with van der Waals surface area (Å²) in [6.07, 6.45) is 0. The van der Waals surface area contributed by atoms with Gasteiger partial charge in [-0.05, 0) is 0 Å². The maximum Gasteiger partial charge on any atom is 0.111 e. The molecule has 1 aliphatic heterocycles. The molecule has 0 spiro atoms. The Morgan fingerprint density at radius 2 is 2.62 bits per heavy atom. The summed E-state index contributed by atoms with van der Waals surface area (Å²) in [4.78, 5) is 3.96. The van der Waals surface area contributed by atoms with Gasteiger partial charge in [-0.3, -0.25) is 4.99 Å². The molecule has 0 aromatic rings. The summed E-state index contributed by atoms with van der Waals surface area (Å²) >= 11 is 1.69. The van der Waals surface area contributed by atoms with Crippen molar-refractivity contribution in [1.29, 1.82) is 0 Å². The van der Waals surface area contributed by atoms with Crippen molar-refractivity contribution in [3.05, 3.63) is 11.6 Å². The molecule has 1 heterocycles. The lowest BCUT2D eigenvalue weighted by Gasteiger charge is -1.90. The molecule has 0 saturated carbocycles. The van der Waals surface area contributed by atoms with Gasteiger partial charge in [0.2, 0.25) is 0 Å². The zero-order chi connectivity index (χ0) is 5.98. The van der Waals surface area contributed by atoms with Gasteiger partial charge in [0.05, 0.1) is 10.8 Å². The fourth-order valence-corrected chi connectivity index (χ4v) is 1.21. The highest BCUT2D eigenvalue weighted by Gasteiger charge is 2.08. The molecule has 8 heavy (non-hydrogen) atoms. The molecule has 0 atom stereocenters. The lowest BCUT2D eigenvalue weighted by molar-refractivity contribution is 1.23. The summed E-state index contributed by atoms with van der Waals surface area (Å²) in [7, 11) is 1.78. The molecule has 1 fully saturated rings. The zero-order valence-corrected chi connectivity index (χ0v) is 5.59. The Labute approximate surface area is 53.1 Å². The first-order chi connectivity index (χ1) is 3.83. The Bertz CT molecular complexity index is 139. The van der Waals surface area contributed by atoms with Gasteiger partial charge in [0.15, 0.2) is 0 Å². The van der Waals surface area contributed by atoms with E-state index in [0.29, 0.717) is 0 Å². The number of rotatable bonds is 0. The smallest absolute Gasteiger partial charge is 0.111 e. The van der Waals surface area contributed by atoms with E-state index >= 15 is 0 Å². The number of amidine groups is 1. The van der Waals surface area contributed by atoms with Crippen LogP contribution in [0.25, 0.3) is 0 Å². The molecule has 44 valence electrons. The third-order valence-corrected chi connectivity index (χ3v) is 1.81. The van der Waals surface area contributed by atoms with Crippen LogP contribution in [0, 0.1) is 0 Å².